The highest BCUT2D eigenvalue weighted by molar-refractivity contribution is 7.91. The van der Waals surface area contributed by atoms with Gasteiger partial charge in [-0.05, 0) is 83.1 Å². The van der Waals surface area contributed by atoms with Crippen LogP contribution in [-0.2, 0) is 38.7 Å². The normalized spacial score (nSPS) is 30.1. The van der Waals surface area contributed by atoms with Crippen molar-refractivity contribution in [2.24, 2.45) is 29.1 Å². The van der Waals surface area contributed by atoms with Crippen LogP contribution in [0.4, 0.5) is 18.9 Å². The van der Waals surface area contributed by atoms with Crippen molar-refractivity contribution in [1.29, 1.82) is 0 Å². The Hall–Kier alpha value is -4.25. The van der Waals surface area contributed by atoms with E-state index in [2.05, 4.69) is 9.62 Å². The molecule has 7 rings (SSSR count). The molecule has 0 spiro atoms. The number of anilines is 1. The molecule has 0 radical (unpaired) electrons. The maximum atomic E-state index is 15.1. The molecule has 340 valence electrons. The SMILES string of the molecule is CC[C@@H]1C[C@H](C)CC/C=C\[C@@H]2C[C@@]2(C(=O)NS(=O)(=O)C2(C)CC2)CC(=O)[C@@H]2C[C@@H](Oc3ncc(N4CCOCC4)c4ccccc34)CN2C(=O)[C@H]1CC(=O)OC(C)(C)C(F)(F)F. The topological polar surface area (TPSA) is 162 Å². The predicted molar refractivity (Wildman–Crippen MR) is 224 cm³/mol. The molecule has 17 heteroatoms. The summed E-state index contributed by atoms with van der Waals surface area (Å²) in [6.07, 6.45) is 2.08. The monoisotopic (exact) mass is 888 g/mol. The minimum absolute atomic E-state index is 0.00810. The number of sulfonamides is 1. The van der Waals surface area contributed by atoms with Gasteiger partial charge in [0.1, 0.15) is 6.10 Å². The zero-order valence-corrected chi connectivity index (χ0v) is 37.0. The van der Waals surface area contributed by atoms with Crippen LogP contribution in [0.5, 0.6) is 5.88 Å². The number of esters is 1. The van der Waals surface area contributed by atoms with Crippen LogP contribution in [0.25, 0.3) is 10.8 Å². The van der Waals surface area contributed by atoms with E-state index in [1.807, 2.05) is 50.3 Å². The Kier molecular flexibility index (Phi) is 12.8. The first kappa shape index (κ1) is 45.8. The van der Waals surface area contributed by atoms with Gasteiger partial charge in [-0.3, -0.25) is 23.9 Å². The van der Waals surface area contributed by atoms with E-state index in [1.54, 1.807) is 13.1 Å². The molecule has 7 atom stereocenters. The first-order valence-electron chi connectivity index (χ1n) is 21.9. The molecule has 2 amide bonds. The zero-order valence-electron chi connectivity index (χ0n) is 36.2. The molecule has 1 aromatic carbocycles. The number of amides is 2. The van der Waals surface area contributed by atoms with Gasteiger partial charge in [0.05, 0.1) is 60.2 Å². The molecule has 2 aliphatic carbocycles. The summed E-state index contributed by atoms with van der Waals surface area (Å²) in [5.74, 6) is -4.75. The Morgan fingerprint density at radius 1 is 1.06 bits per heavy atom. The number of Topliss-reactive ketones (excluding diaryl/α,β-unsaturated/α-hetero) is 1. The molecule has 4 heterocycles. The van der Waals surface area contributed by atoms with Gasteiger partial charge < -0.3 is 24.0 Å². The van der Waals surface area contributed by atoms with Crippen LogP contribution in [0.3, 0.4) is 0 Å². The molecule has 2 aromatic rings. The Bertz CT molecular complexity index is 2190. The number of hydrogen-bond donors (Lipinski definition) is 1. The third-order valence-corrected chi connectivity index (χ3v) is 16.1. The van der Waals surface area contributed by atoms with Crippen molar-refractivity contribution in [3.05, 3.63) is 42.6 Å². The standard InChI is InChI=1S/C45H59F3N4O9S/c1-6-29-21-28(2)11-7-8-12-30-24-44(30,41(56)50-62(57,58)43(5)15-16-43)25-37(53)35-22-31(27-52(35)40(55)34(29)23-38(54)61-42(3,4)45(46,47)48)60-39-33-14-10-9-13-32(33)36(26-49-39)51-17-19-59-20-18-51/h8-10,12-14,26,28-31,34-35H,6-7,11,15-25,27H2,1-5H3,(H,50,56)/b12-8-/t28-,29-,30-,31-,34+,35+,44-/m1/s1. The minimum atomic E-state index is -4.87. The Labute approximate surface area is 361 Å². The number of carbonyl (C=O) groups is 4. The van der Waals surface area contributed by atoms with Gasteiger partial charge in [0, 0.05) is 36.7 Å². The van der Waals surface area contributed by atoms with Gasteiger partial charge in [-0.25, -0.2) is 13.4 Å². The number of pyridine rings is 1. The van der Waals surface area contributed by atoms with E-state index in [0.717, 1.165) is 24.9 Å². The second-order valence-electron chi connectivity index (χ2n) is 18.9. The lowest BCUT2D eigenvalue weighted by molar-refractivity contribution is -0.257. The number of halogens is 3. The molecule has 2 saturated heterocycles. The summed E-state index contributed by atoms with van der Waals surface area (Å²) in [5, 5.41) is 1.59. The number of nitrogens with one attached hydrogen (secondary N) is 1. The Morgan fingerprint density at radius 3 is 2.42 bits per heavy atom. The van der Waals surface area contributed by atoms with Crippen molar-refractivity contribution in [2.75, 3.05) is 37.7 Å². The van der Waals surface area contributed by atoms with E-state index in [-0.39, 0.29) is 37.6 Å². The number of nitrogens with zero attached hydrogens (tertiary/aromatic N) is 3. The van der Waals surface area contributed by atoms with Crippen molar-refractivity contribution >= 4 is 50.1 Å². The average molecular weight is 889 g/mol. The van der Waals surface area contributed by atoms with Crippen LogP contribution in [0.2, 0.25) is 0 Å². The highest BCUT2D eigenvalue weighted by Crippen LogP contribution is 2.58. The molecule has 0 bridgehead atoms. The summed E-state index contributed by atoms with van der Waals surface area (Å²) < 4.78 is 86.7. The summed E-state index contributed by atoms with van der Waals surface area (Å²) in [6.45, 7) is 9.33. The Morgan fingerprint density at radius 2 is 1.76 bits per heavy atom. The summed E-state index contributed by atoms with van der Waals surface area (Å²) in [6, 6.07) is 6.45. The van der Waals surface area contributed by atoms with Crippen molar-refractivity contribution in [3.8, 4) is 5.88 Å². The smallest absolute Gasteiger partial charge is 0.427 e. The summed E-state index contributed by atoms with van der Waals surface area (Å²) >= 11 is 0. The molecular formula is C45H59F3N4O9S. The van der Waals surface area contributed by atoms with E-state index < -0.39 is 91.8 Å². The zero-order chi connectivity index (χ0) is 44.8. The Balaban J connectivity index is 1.24. The lowest BCUT2D eigenvalue weighted by Crippen LogP contribution is -2.49. The number of benzene rings is 1. The maximum absolute atomic E-state index is 15.1. The van der Waals surface area contributed by atoms with E-state index in [9.17, 15) is 36.0 Å². The van der Waals surface area contributed by atoms with Gasteiger partial charge >= 0.3 is 12.1 Å². The first-order valence-corrected chi connectivity index (χ1v) is 23.4. The van der Waals surface area contributed by atoms with E-state index in [1.165, 1.54) is 4.90 Å². The summed E-state index contributed by atoms with van der Waals surface area (Å²) in [4.78, 5) is 65.7. The molecule has 2 saturated carbocycles. The molecule has 62 heavy (non-hydrogen) atoms. The number of rotatable bonds is 10. The van der Waals surface area contributed by atoms with Crippen molar-refractivity contribution in [3.63, 3.8) is 0 Å². The van der Waals surface area contributed by atoms with Gasteiger partial charge in [-0.2, -0.15) is 13.2 Å². The number of hydrogen-bond acceptors (Lipinski definition) is 11. The molecule has 1 aromatic heterocycles. The number of aromatic nitrogens is 1. The maximum Gasteiger partial charge on any atom is 0.427 e. The number of alkyl halides is 3. The number of ketones is 1. The second kappa shape index (κ2) is 17.4. The fraction of sp³-hybridized carbons (Fsp3) is 0.667. The van der Waals surface area contributed by atoms with Gasteiger partial charge in [-0.15, -0.1) is 0 Å². The number of ether oxygens (including phenoxy) is 3. The quantitative estimate of drug-likeness (QED) is 0.200. The van der Waals surface area contributed by atoms with Gasteiger partial charge in [0.2, 0.25) is 33.3 Å². The number of fused-ring (bicyclic) bond motifs is 3. The van der Waals surface area contributed by atoms with Gasteiger partial charge in [0.25, 0.3) is 0 Å². The summed E-state index contributed by atoms with van der Waals surface area (Å²) in [5.41, 5.74) is -3.29. The highest BCUT2D eigenvalue weighted by atomic mass is 32.2. The van der Waals surface area contributed by atoms with Crippen LogP contribution >= 0.6 is 0 Å². The molecule has 4 fully saturated rings. The number of carbonyl (C=O) groups excluding carboxylic acids is 4. The van der Waals surface area contributed by atoms with Crippen molar-refractivity contribution in [2.45, 2.75) is 127 Å². The van der Waals surface area contributed by atoms with Crippen LogP contribution in [0.1, 0.15) is 98.8 Å². The van der Waals surface area contributed by atoms with Crippen LogP contribution in [-0.4, -0.2) is 103 Å². The lowest BCUT2D eigenvalue weighted by atomic mass is 9.79. The highest BCUT2D eigenvalue weighted by Gasteiger charge is 2.63. The van der Waals surface area contributed by atoms with Gasteiger partial charge in [0.15, 0.2) is 5.78 Å². The van der Waals surface area contributed by atoms with Crippen molar-refractivity contribution in [1.82, 2.24) is 14.6 Å². The molecular weight excluding hydrogens is 830 g/mol. The molecule has 13 nitrogen and oxygen atoms in total. The van der Waals surface area contributed by atoms with Crippen LogP contribution in [0, 0.1) is 29.1 Å². The third kappa shape index (κ3) is 9.34. The molecule has 5 aliphatic rings. The van der Waals surface area contributed by atoms with E-state index >= 15 is 4.79 Å². The fourth-order valence-electron chi connectivity index (χ4n) is 9.37. The predicted octanol–water partition coefficient (Wildman–Crippen LogP) is 6.68. The first-order chi connectivity index (χ1) is 29.2. The second-order valence-corrected chi connectivity index (χ2v) is 21.1. The van der Waals surface area contributed by atoms with E-state index in [0.29, 0.717) is 70.2 Å². The number of morpholine rings is 1. The fourth-order valence-corrected chi connectivity index (χ4v) is 10.7. The number of allylic oxidation sites excluding steroid dienone is 2. The molecule has 0 unspecified atom stereocenters. The molecule has 3 aliphatic heterocycles. The molecule has 1 N–H and O–H groups in total. The van der Waals surface area contributed by atoms with Crippen molar-refractivity contribution < 1.29 is 55.0 Å². The summed E-state index contributed by atoms with van der Waals surface area (Å²) in [7, 11) is -4.04. The average Bonchev–Trinajstić information content (AvgIpc) is 4.10. The van der Waals surface area contributed by atoms with Crippen LogP contribution < -0.4 is 14.4 Å². The van der Waals surface area contributed by atoms with Crippen LogP contribution in [0.15, 0.2) is 42.6 Å². The lowest BCUT2D eigenvalue weighted by Gasteiger charge is -2.34. The van der Waals surface area contributed by atoms with E-state index in [4.69, 9.17) is 19.2 Å². The largest absolute Gasteiger partial charge is 0.472 e. The minimum Gasteiger partial charge on any atom is -0.472 e. The third-order valence-electron chi connectivity index (χ3n) is 13.9. The van der Waals surface area contributed by atoms with Gasteiger partial charge in [-0.1, -0.05) is 50.6 Å².